The van der Waals surface area contributed by atoms with E-state index in [1.54, 1.807) is 18.3 Å². The van der Waals surface area contributed by atoms with Crippen LogP contribution in [0.3, 0.4) is 0 Å². The SMILES string of the molecule is O=C(c1ccc2c(-c3ccc(F)cc3)c[nH]c2c1)N1CC(NC2CCN(C(=O)c3nccs3)C2)C1. The fraction of sp³-hybridized carbons (Fsp3) is 0.269. The Hall–Kier alpha value is -3.56. The molecule has 0 aliphatic carbocycles. The molecule has 2 fully saturated rings. The molecule has 9 heteroatoms. The van der Waals surface area contributed by atoms with Crippen molar-refractivity contribution in [1.82, 2.24) is 25.1 Å². The third kappa shape index (κ3) is 4.21. The molecule has 35 heavy (non-hydrogen) atoms. The van der Waals surface area contributed by atoms with Crippen LogP contribution in [0.4, 0.5) is 4.39 Å². The van der Waals surface area contributed by atoms with E-state index in [2.05, 4.69) is 15.3 Å². The second-order valence-electron chi connectivity index (χ2n) is 9.12. The molecule has 2 aromatic carbocycles. The van der Waals surface area contributed by atoms with Crippen molar-refractivity contribution < 1.29 is 14.0 Å². The van der Waals surface area contributed by atoms with Crippen LogP contribution < -0.4 is 5.32 Å². The Kier molecular flexibility index (Phi) is 5.58. The fourth-order valence-electron chi connectivity index (χ4n) is 4.94. The average molecular weight is 490 g/mol. The normalized spacial score (nSPS) is 18.3. The van der Waals surface area contributed by atoms with Crippen molar-refractivity contribution >= 4 is 34.1 Å². The van der Waals surface area contributed by atoms with Gasteiger partial charge < -0.3 is 20.1 Å². The number of carbonyl (C=O) groups is 2. The van der Waals surface area contributed by atoms with Crippen LogP contribution in [0.15, 0.2) is 60.2 Å². The minimum atomic E-state index is -0.266. The van der Waals surface area contributed by atoms with Crippen molar-refractivity contribution in [2.45, 2.75) is 18.5 Å². The minimum absolute atomic E-state index is 0.00277. The number of hydrogen-bond acceptors (Lipinski definition) is 5. The summed E-state index contributed by atoms with van der Waals surface area (Å²) < 4.78 is 13.3. The summed E-state index contributed by atoms with van der Waals surface area (Å²) in [5, 5.41) is 6.95. The number of aromatic amines is 1. The van der Waals surface area contributed by atoms with Crippen LogP contribution in [0.25, 0.3) is 22.0 Å². The quantitative estimate of drug-likeness (QED) is 0.447. The summed E-state index contributed by atoms with van der Waals surface area (Å²) in [5.74, 6) is -0.259. The van der Waals surface area contributed by atoms with Crippen molar-refractivity contribution in [1.29, 1.82) is 0 Å². The second-order valence-corrected chi connectivity index (χ2v) is 10.0. The smallest absolute Gasteiger partial charge is 0.282 e. The van der Waals surface area contributed by atoms with Gasteiger partial charge in [0.1, 0.15) is 5.82 Å². The molecule has 6 rings (SSSR count). The van der Waals surface area contributed by atoms with Gasteiger partial charge in [0.25, 0.3) is 11.8 Å². The molecule has 0 saturated carbocycles. The molecule has 2 aromatic heterocycles. The van der Waals surface area contributed by atoms with Gasteiger partial charge in [-0.05, 0) is 36.2 Å². The van der Waals surface area contributed by atoms with Crippen molar-refractivity contribution in [3.63, 3.8) is 0 Å². The zero-order chi connectivity index (χ0) is 23.9. The molecule has 0 radical (unpaired) electrons. The molecular weight excluding hydrogens is 465 g/mol. The lowest BCUT2D eigenvalue weighted by Gasteiger charge is -2.41. The second kappa shape index (κ2) is 8.90. The molecule has 4 aromatic rings. The average Bonchev–Trinajstić information content (AvgIpc) is 3.61. The van der Waals surface area contributed by atoms with Gasteiger partial charge in [-0.3, -0.25) is 9.59 Å². The van der Waals surface area contributed by atoms with Crippen LogP contribution in [0, 0.1) is 5.82 Å². The molecule has 7 nitrogen and oxygen atoms in total. The van der Waals surface area contributed by atoms with Crippen LogP contribution in [-0.4, -0.2) is 69.8 Å². The number of halogens is 1. The van der Waals surface area contributed by atoms with E-state index in [1.807, 2.05) is 39.6 Å². The van der Waals surface area contributed by atoms with Crippen molar-refractivity contribution in [2.75, 3.05) is 26.2 Å². The topological polar surface area (TPSA) is 81.3 Å². The number of nitrogens with one attached hydrogen (secondary N) is 2. The molecule has 4 heterocycles. The number of benzene rings is 2. The maximum absolute atomic E-state index is 13.3. The highest BCUT2D eigenvalue weighted by molar-refractivity contribution is 7.11. The molecule has 2 aliphatic heterocycles. The lowest BCUT2D eigenvalue weighted by Crippen LogP contribution is -2.62. The van der Waals surface area contributed by atoms with Gasteiger partial charge in [-0.1, -0.05) is 18.2 Å². The molecule has 1 atom stereocenters. The molecule has 2 N–H and O–H groups in total. The maximum Gasteiger partial charge on any atom is 0.282 e. The summed E-state index contributed by atoms with van der Waals surface area (Å²) in [7, 11) is 0. The third-order valence-corrected chi connectivity index (χ3v) is 7.58. The van der Waals surface area contributed by atoms with Crippen LogP contribution in [0.5, 0.6) is 0 Å². The summed E-state index contributed by atoms with van der Waals surface area (Å²) in [6, 6.07) is 12.5. The first kappa shape index (κ1) is 21.9. The monoisotopic (exact) mass is 489 g/mol. The molecule has 0 bridgehead atoms. The standard InChI is InChI=1S/C26H24FN5O2S/c27-18-4-1-16(2-5-18)22-12-29-23-11-17(3-6-21(22)23)25(33)32-14-20(15-32)30-19-7-9-31(13-19)26(34)24-28-8-10-35-24/h1-6,8,10-12,19-20,29-30H,7,9,13-15H2. The lowest BCUT2D eigenvalue weighted by atomic mass is 10.0. The zero-order valence-electron chi connectivity index (χ0n) is 18.9. The van der Waals surface area contributed by atoms with Crippen LogP contribution in [0.1, 0.15) is 26.6 Å². The first-order chi connectivity index (χ1) is 17.0. The van der Waals surface area contributed by atoms with E-state index >= 15 is 0 Å². The van der Waals surface area contributed by atoms with Gasteiger partial charge in [-0.25, -0.2) is 9.37 Å². The summed E-state index contributed by atoms with van der Waals surface area (Å²) >= 11 is 1.37. The summed E-state index contributed by atoms with van der Waals surface area (Å²) in [5.41, 5.74) is 3.42. The number of likely N-dealkylation sites (tertiary alicyclic amines) is 2. The van der Waals surface area contributed by atoms with Gasteiger partial charge in [0.15, 0.2) is 5.01 Å². The van der Waals surface area contributed by atoms with Gasteiger partial charge in [-0.2, -0.15) is 0 Å². The van der Waals surface area contributed by atoms with Gasteiger partial charge in [-0.15, -0.1) is 11.3 Å². The van der Waals surface area contributed by atoms with Crippen LogP contribution in [-0.2, 0) is 0 Å². The van der Waals surface area contributed by atoms with E-state index in [4.69, 9.17) is 0 Å². The number of aromatic nitrogens is 2. The number of amides is 2. The largest absolute Gasteiger partial charge is 0.361 e. The highest BCUT2D eigenvalue weighted by Gasteiger charge is 2.35. The van der Waals surface area contributed by atoms with Gasteiger partial charge in [0.2, 0.25) is 0 Å². The van der Waals surface area contributed by atoms with Crippen molar-refractivity contribution in [2.24, 2.45) is 0 Å². The van der Waals surface area contributed by atoms with Gasteiger partial charge >= 0.3 is 0 Å². The van der Waals surface area contributed by atoms with Crippen molar-refractivity contribution in [3.05, 3.63) is 76.6 Å². The van der Waals surface area contributed by atoms with E-state index in [-0.39, 0.29) is 29.7 Å². The summed E-state index contributed by atoms with van der Waals surface area (Å²) in [4.78, 5) is 36.6. The summed E-state index contributed by atoms with van der Waals surface area (Å²) in [6.07, 6.45) is 4.45. The zero-order valence-corrected chi connectivity index (χ0v) is 19.7. The fourth-order valence-corrected chi connectivity index (χ4v) is 5.54. The number of thiazole rings is 1. The Labute approximate surface area is 205 Å². The Bertz CT molecular complexity index is 1380. The number of H-pyrrole nitrogens is 1. The maximum atomic E-state index is 13.3. The number of fused-ring (bicyclic) bond motifs is 1. The molecule has 2 aliphatic rings. The molecule has 2 saturated heterocycles. The van der Waals surface area contributed by atoms with E-state index < -0.39 is 0 Å². The minimum Gasteiger partial charge on any atom is -0.361 e. The van der Waals surface area contributed by atoms with E-state index in [1.165, 1.54) is 23.5 Å². The first-order valence-electron chi connectivity index (χ1n) is 11.7. The highest BCUT2D eigenvalue weighted by atomic mass is 32.1. The number of carbonyl (C=O) groups excluding carboxylic acids is 2. The van der Waals surface area contributed by atoms with E-state index in [9.17, 15) is 14.0 Å². The Morgan fingerprint density at radius 3 is 2.60 bits per heavy atom. The van der Waals surface area contributed by atoms with Crippen LogP contribution >= 0.6 is 11.3 Å². The molecule has 0 spiro atoms. The predicted molar refractivity (Wildman–Crippen MR) is 133 cm³/mol. The number of nitrogens with zero attached hydrogens (tertiary/aromatic N) is 3. The molecule has 178 valence electrons. The van der Waals surface area contributed by atoms with Crippen molar-refractivity contribution in [3.8, 4) is 11.1 Å². The van der Waals surface area contributed by atoms with Crippen LogP contribution in [0.2, 0.25) is 0 Å². The first-order valence-corrected chi connectivity index (χ1v) is 12.5. The van der Waals surface area contributed by atoms with Gasteiger partial charge in [0, 0.05) is 78.1 Å². The molecule has 2 amide bonds. The van der Waals surface area contributed by atoms with Gasteiger partial charge in [0.05, 0.1) is 0 Å². The third-order valence-electron chi connectivity index (χ3n) is 6.81. The molecule has 1 unspecified atom stereocenters. The Morgan fingerprint density at radius 1 is 1.03 bits per heavy atom. The predicted octanol–water partition coefficient (Wildman–Crippen LogP) is 3.76. The summed E-state index contributed by atoms with van der Waals surface area (Å²) in [6.45, 7) is 2.70. The lowest BCUT2D eigenvalue weighted by molar-refractivity contribution is 0.0553. The number of hydrogen-bond donors (Lipinski definition) is 2. The van der Waals surface area contributed by atoms with E-state index in [0.29, 0.717) is 30.2 Å². The highest BCUT2D eigenvalue weighted by Crippen LogP contribution is 2.30. The Balaban J connectivity index is 1.05. The molecular formula is C26H24FN5O2S. The Morgan fingerprint density at radius 2 is 1.83 bits per heavy atom. The van der Waals surface area contributed by atoms with E-state index in [0.717, 1.165) is 35.0 Å². The number of rotatable bonds is 5.